The van der Waals surface area contributed by atoms with Gasteiger partial charge in [0.25, 0.3) is 5.91 Å². The SMILES string of the molecule is C/C(=N\NC(=O)COc1ccc(Br)cc1C)c1ccc2ccccc2c1. The van der Waals surface area contributed by atoms with E-state index in [1.54, 1.807) is 0 Å². The zero-order valence-electron chi connectivity index (χ0n) is 14.6. The van der Waals surface area contributed by atoms with E-state index in [2.05, 4.69) is 44.7 Å². The molecular weight excluding hydrogens is 392 g/mol. The Labute approximate surface area is 161 Å². The number of amides is 1. The van der Waals surface area contributed by atoms with Gasteiger partial charge in [0.05, 0.1) is 5.71 Å². The van der Waals surface area contributed by atoms with Crippen molar-refractivity contribution < 1.29 is 9.53 Å². The molecule has 3 aromatic carbocycles. The van der Waals surface area contributed by atoms with Crippen LogP contribution in [0.4, 0.5) is 0 Å². The van der Waals surface area contributed by atoms with Crippen LogP contribution in [-0.2, 0) is 4.79 Å². The highest BCUT2D eigenvalue weighted by atomic mass is 79.9. The predicted molar refractivity (Wildman–Crippen MR) is 109 cm³/mol. The largest absolute Gasteiger partial charge is 0.483 e. The van der Waals surface area contributed by atoms with E-state index in [1.165, 1.54) is 5.39 Å². The smallest absolute Gasteiger partial charge is 0.277 e. The van der Waals surface area contributed by atoms with Gasteiger partial charge in [-0.25, -0.2) is 5.43 Å². The first-order valence-electron chi connectivity index (χ1n) is 8.24. The van der Waals surface area contributed by atoms with Crippen LogP contribution >= 0.6 is 15.9 Å². The quantitative estimate of drug-likeness (QED) is 0.483. The van der Waals surface area contributed by atoms with Crippen LogP contribution in [0.1, 0.15) is 18.1 Å². The topological polar surface area (TPSA) is 50.7 Å². The van der Waals surface area contributed by atoms with Crippen LogP contribution in [-0.4, -0.2) is 18.2 Å². The van der Waals surface area contributed by atoms with Crippen molar-refractivity contribution in [3.05, 3.63) is 76.3 Å². The summed E-state index contributed by atoms with van der Waals surface area (Å²) in [5, 5.41) is 6.49. The number of halogens is 1. The minimum atomic E-state index is -0.299. The van der Waals surface area contributed by atoms with Crippen molar-refractivity contribution in [2.24, 2.45) is 5.10 Å². The Kier molecular flexibility index (Phi) is 5.68. The number of hydrogen-bond acceptors (Lipinski definition) is 3. The number of carbonyl (C=O) groups is 1. The van der Waals surface area contributed by atoms with Gasteiger partial charge in [0.1, 0.15) is 5.75 Å². The van der Waals surface area contributed by atoms with E-state index in [1.807, 2.05) is 56.3 Å². The first-order chi connectivity index (χ1) is 12.5. The summed E-state index contributed by atoms with van der Waals surface area (Å²) in [6.07, 6.45) is 0. The van der Waals surface area contributed by atoms with Gasteiger partial charge in [-0.15, -0.1) is 0 Å². The van der Waals surface area contributed by atoms with Crippen LogP contribution in [0.3, 0.4) is 0 Å². The lowest BCUT2D eigenvalue weighted by Gasteiger charge is -2.09. The van der Waals surface area contributed by atoms with Crippen LogP contribution in [0.5, 0.6) is 5.75 Å². The maximum atomic E-state index is 12.0. The number of nitrogens with zero attached hydrogens (tertiary/aromatic N) is 1. The Morgan fingerprint density at radius 1 is 1.08 bits per heavy atom. The molecule has 0 fully saturated rings. The summed E-state index contributed by atoms with van der Waals surface area (Å²) in [5.41, 5.74) is 5.21. The molecule has 1 N–H and O–H groups in total. The molecule has 0 aliphatic heterocycles. The number of benzene rings is 3. The van der Waals surface area contributed by atoms with E-state index in [9.17, 15) is 4.79 Å². The molecule has 0 unspecified atom stereocenters. The van der Waals surface area contributed by atoms with Gasteiger partial charge in [-0.05, 0) is 60.0 Å². The zero-order chi connectivity index (χ0) is 18.5. The van der Waals surface area contributed by atoms with E-state index >= 15 is 0 Å². The second-order valence-corrected chi connectivity index (χ2v) is 6.91. The van der Waals surface area contributed by atoms with Gasteiger partial charge >= 0.3 is 0 Å². The van der Waals surface area contributed by atoms with E-state index in [0.29, 0.717) is 5.75 Å². The summed E-state index contributed by atoms with van der Waals surface area (Å²) in [6, 6.07) is 19.9. The fourth-order valence-corrected chi connectivity index (χ4v) is 3.05. The standard InChI is InChI=1S/C21H19BrN2O2/c1-14-11-19(22)9-10-20(14)26-13-21(25)24-23-15(2)17-8-7-16-5-3-4-6-18(16)12-17/h3-12H,13H2,1-2H3,(H,24,25)/b23-15+. The first kappa shape index (κ1) is 18.1. The highest BCUT2D eigenvalue weighted by molar-refractivity contribution is 9.10. The maximum Gasteiger partial charge on any atom is 0.277 e. The van der Waals surface area contributed by atoms with Crippen LogP contribution in [0.25, 0.3) is 10.8 Å². The molecular formula is C21H19BrN2O2. The number of hydrogen-bond donors (Lipinski definition) is 1. The Morgan fingerprint density at radius 2 is 1.85 bits per heavy atom. The number of carbonyl (C=O) groups excluding carboxylic acids is 1. The predicted octanol–water partition coefficient (Wildman–Crippen LogP) is 4.83. The molecule has 0 spiro atoms. The van der Waals surface area contributed by atoms with Crippen molar-refractivity contribution in [2.45, 2.75) is 13.8 Å². The highest BCUT2D eigenvalue weighted by Crippen LogP contribution is 2.22. The van der Waals surface area contributed by atoms with Crippen molar-refractivity contribution in [3.63, 3.8) is 0 Å². The molecule has 132 valence electrons. The van der Waals surface area contributed by atoms with E-state index in [-0.39, 0.29) is 12.5 Å². The van der Waals surface area contributed by atoms with E-state index in [0.717, 1.165) is 26.7 Å². The molecule has 4 nitrogen and oxygen atoms in total. The van der Waals surface area contributed by atoms with Gasteiger partial charge in [-0.1, -0.05) is 52.3 Å². The third kappa shape index (κ3) is 4.49. The van der Waals surface area contributed by atoms with Gasteiger partial charge in [0.2, 0.25) is 0 Å². The summed E-state index contributed by atoms with van der Waals surface area (Å²) in [6.45, 7) is 3.71. The lowest BCUT2D eigenvalue weighted by Crippen LogP contribution is -2.25. The van der Waals surface area contributed by atoms with Crippen molar-refractivity contribution in [3.8, 4) is 5.75 Å². The first-order valence-corrected chi connectivity index (χ1v) is 9.03. The molecule has 0 aliphatic carbocycles. The van der Waals surface area contributed by atoms with Gasteiger partial charge in [-0.2, -0.15) is 5.10 Å². The molecule has 0 saturated carbocycles. The molecule has 0 aromatic heterocycles. The van der Waals surface area contributed by atoms with E-state index in [4.69, 9.17) is 4.74 Å². The third-order valence-electron chi connectivity index (χ3n) is 4.01. The lowest BCUT2D eigenvalue weighted by atomic mass is 10.0. The molecule has 0 radical (unpaired) electrons. The van der Waals surface area contributed by atoms with Crippen LogP contribution in [0.2, 0.25) is 0 Å². The molecule has 0 heterocycles. The summed E-state index contributed by atoms with van der Waals surface area (Å²) >= 11 is 3.40. The number of fused-ring (bicyclic) bond motifs is 1. The number of rotatable bonds is 5. The minimum Gasteiger partial charge on any atom is -0.483 e. The average molecular weight is 411 g/mol. The summed E-state index contributed by atoms with van der Waals surface area (Å²) in [4.78, 5) is 12.0. The van der Waals surface area contributed by atoms with Gasteiger partial charge in [0.15, 0.2) is 6.61 Å². The van der Waals surface area contributed by atoms with Crippen molar-refractivity contribution >= 4 is 38.3 Å². The van der Waals surface area contributed by atoms with Crippen molar-refractivity contribution in [2.75, 3.05) is 6.61 Å². The van der Waals surface area contributed by atoms with Crippen LogP contribution in [0, 0.1) is 6.92 Å². The Hall–Kier alpha value is -2.66. The summed E-state index contributed by atoms with van der Waals surface area (Å²) in [7, 11) is 0. The van der Waals surface area contributed by atoms with Gasteiger partial charge in [-0.3, -0.25) is 4.79 Å². The minimum absolute atomic E-state index is 0.0863. The van der Waals surface area contributed by atoms with Crippen LogP contribution < -0.4 is 10.2 Å². The second kappa shape index (κ2) is 8.15. The molecule has 5 heteroatoms. The molecule has 3 rings (SSSR count). The van der Waals surface area contributed by atoms with Crippen molar-refractivity contribution in [1.82, 2.24) is 5.43 Å². The highest BCUT2D eigenvalue weighted by Gasteiger charge is 2.06. The third-order valence-corrected chi connectivity index (χ3v) is 4.50. The van der Waals surface area contributed by atoms with Crippen LogP contribution in [0.15, 0.2) is 70.2 Å². The normalized spacial score (nSPS) is 11.4. The number of hydrazone groups is 1. The Balaban J connectivity index is 1.61. The molecule has 26 heavy (non-hydrogen) atoms. The number of aryl methyl sites for hydroxylation is 1. The molecule has 0 bridgehead atoms. The maximum absolute atomic E-state index is 12.0. The second-order valence-electron chi connectivity index (χ2n) is 5.99. The monoisotopic (exact) mass is 410 g/mol. The molecule has 0 saturated heterocycles. The molecule has 1 amide bonds. The Morgan fingerprint density at radius 3 is 2.62 bits per heavy atom. The number of nitrogens with one attached hydrogen (secondary N) is 1. The van der Waals surface area contributed by atoms with Gasteiger partial charge < -0.3 is 4.74 Å². The lowest BCUT2D eigenvalue weighted by molar-refractivity contribution is -0.123. The summed E-state index contributed by atoms with van der Waals surface area (Å²) in [5.74, 6) is 0.381. The number of ether oxygens (including phenoxy) is 1. The molecule has 3 aromatic rings. The average Bonchev–Trinajstić information content (AvgIpc) is 2.65. The van der Waals surface area contributed by atoms with Gasteiger partial charge in [0, 0.05) is 4.47 Å². The fourth-order valence-electron chi connectivity index (χ4n) is 2.58. The summed E-state index contributed by atoms with van der Waals surface area (Å²) < 4.78 is 6.52. The zero-order valence-corrected chi connectivity index (χ0v) is 16.2. The molecule has 0 aliphatic rings. The van der Waals surface area contributed by atoms with Crippen molar-refractivity contribution in [1.29, 1.82) is 0 Å². The fraction of sp³-hybridized carbons (Fsp3) is 0.143. The van der Waals surface area contributed by atoms with E-state index < -0.39 is 0 Å². The Bertz CT molecular complexity index is 983. The molecule has 0 atom stereocenters.